The number of carbonyl (C=O) groups excluding carboxylic acids is 1. The Morgan fingerprint density at radius 2 is 2.08 bits per heavy atom. The number of rotatable bonds is 6. The zero-order valence-corrected chi connectivity index (χ0v) is 15.0. The first-order valence-electron chi connectivity index (χ1n) is 8.60. The van der Waals surface area contributed by atoms with E-state index in [0.717, 1.165) is 25.1 Å². The Kier molecular flexibility index (Phi) is 5.28. The van der Waals surface area contributed by atoms with Gasteiger partial charge in [0, 0.05) is 37.8 Å². The molecule has 0 bridgehead atoms. The van der Waals surface area contributed by atoms with Crippen LogP contribution in [0.4, 0.5) is 5.69 Å². The molecule has 1 aromatic carbocycles. The van der Waals surface area contributed by atoms with Crippen LogP contribution in [0.3, 0.4) is 0 Å². The van der Waals surface area contributed by atoms with Crippen molar-refractivity contribution in [2.75, 3.05) is 32.6 Å². The zero-order valence-electron chi connectivity index (χ0n) is 15.0. The number of anilines is 1. The fraction of sp³-hybridized carbons (Fsp3) is 0.421. The molecule has 0 saturated carbocycles. The Balaban J connectivity index is 1.65. The third-order valence-electron chi connectivity index (χ3n) is 4.88. The van der Waals surface area contributed by atoms with Crippen molar-refractivity contribution < 1.29 is 19.2 Å². The highest BCUT2D eigenvalue weighted by atomic mass is 16.5. The van der Waals surface area contributed by atoms with Gasteiger partial charge in [-0.25, -0.2) is 0 Å². The summed E-state index contributed by atoms with van der Waals surface area (Å²) in [5.41, 5.74) is 2.02. The zero-order chi connectivity index (χ0) is 17.8. The molecule has 3 rings (SSSR count). The largest absolute Gasteiger partial charge is 0.493 e. The van der Waals surface area contributed by atoms with Crippen molar-refractivity contribution in [2.45, 2.75) is 18.9 Å². The number of hydrogen-bond donors (Lipinski definition) is 2. The van der Waals surface area contributed by atoms with E-state index in [1.54, 1.807) is 26.4 Å². The Morgan fingerprint density at radius 1 is 1.28 bits per heavy atom. The van der Waals surface area contributed by atoms with E-state index in [4.69, 9.17) is 9.47 Å². The van der Waals surface area contributed by atoms with Gasteiger partial charge in [-0.1, -0.05) is 0 Å². The molecule has 1 unspecified atom stereocenters. The number of nitrogens with one attached hydrogen (secondary N) is 2. The van der Waals surface area contributed by atoms with E-state index in [-0.39, 0.29) is 5.91 Å². The van der Waals surface area contributed by atoms with Gasteiger partial charge in [0.05, 0.1) is 26.5 Å². The van der Waals surface area contributed by atoms with Gasteiger partial charge in [0.25, 0.3) is 5.91 Å². The number of benzene rings is 1. The van der Waals surface area contributed by atoms with Gasteiger partial charge in [0.1, 0.15) is 6.04 Å². The number of aromatic nitrogens is 1. The normalized spacial score (nSPS) is 19.6. The Labute approximate surface area is 148 Å². The summed E-state index contributed by atoms with van der Waals surface area (Å²) in [7, 11) is 5.24. The Hall–Kier alpha value is -2.47. The minimum Gasteiger partial charge on any atom is -0.493 e. The molecule has 6 heteroatoms. The first-order valence-corrected chi connectivity index (χ1v) is 8.60. The summed E-state index contributed by atoms with van der Waals surface area (Å²) in [6.45, 7) is 1.49. The van der Waals surface area contributed by atoms with Crippen molar-refractivity contribution in [1.29, 1.82) is 0 Å². The number of methoxy groups -OCH3 is 2. The van der Waals surface area contributed by atoms with Gasteiger partial charge in [-0.15, -0.1) is 0 Å². The average Bonchev–Trinajstić information content (AvgIpc) is 3.23. The summed E-state index contributed by atoms with van der Waals surface area (Å²) in [6.07, 6.45) is 4.33. The number of nitrogens with zero attached hydrogens (tertiary/aromatic N) is 1. The number of hydrogen-bond acceptors (Lipinski definition) is 3. The third-order valence-corrected chi connectivity index (χ3v) is 4.88. The average molecular weight is 344 g/mol. The molecule has 0 radical (unpaired) electrons. The molecule has 1 fully saturated rings. The van der Waals surface area contributed by atoms with Crippen LogP contribution in [0.25, 0.3) is 0 Å². The molecule has 6 nitrogen and oxygen atoms in total. The van der Waals surface area contributed by atoms with Gasteiger partial charge in [-0.05, 0) is 24.3 Å². The molecular formula is C19H26N3O3+. The van der Waals surface area contributed by atoms with Crippen LogP contribution in [0.15, 0.2) is 36.5 Å². The van der Waals surface area contributed by atoms with Crippen LogP contribution in [0, 0.1) is 0 Å². The SMILES string of the molecule is COc1ccc(NC(=O)C[NH+]2CCC[C@H]2c2cccn2C)cc1OC. The van der Waals surface area contributed by atoms with Gasteiger partial charge < -0.3 is 24.3 Å². The van der Waals surface area contributed by atoms with Crippen LogP contribution < -0.4 is 19.7 Å². The highest BCUT2D eigenvalue weighted by Crippen LogP contribution is 2.29. The fourth-order valence-electron chi connectivity index (χ4n) is 3.64. The highest BCUT2D eigenvalue weighted by Gasteiger charge is 2.32. The Morgan fingerprint density at radius 3 is 2.76 bits per heavy atom. The van der Waals surface area contributed by atoms with Crippen molar-refractivity contribution in [3.05, 3.63) is 42.2 Å². The van der Waals surface area contributed by atoms with Crippen molar-refractivity contribution in [2.24, 2.45) is 7.05 Å². The molecule has 0 aliphatic carbocycles. The molecule has 134 valence electrons. The van der Waals surface area contributed by atoms with Crippen LogP contribution in [0.1, 0.15) is 24.6 Å². The highest BCUT2D eigenvalue weighted by molar-refractivity contribution is 5.91. The summed E-state index contributed by atoms with van der Waals surface area (Å²) < 4.78 is 12.7. The minimum absolute atomic E-state index is 0.0170. The van der Waals surface area contributed by atoms with E-state index in [9.17, 15) is 4.79 Å². The fourth-order valence-corrected chi connectivity index (χ4v) is 3.64. The van der Waals surface area contributed by atoms with Crippen LogP contribution in [-0.2, 0) is 11.8 Å². The van der Waals surface area contributed by atoms with E-state index < -0.39 is 0 Å². The standard InChI is InChI=1S/C19H25N3O3/c1-21-10-4-6-15(21)16-7-5-11-22(16)13-19(23)20-14-8-9-17(24-2)18(12-14)25-3/h4,6,8-10,12,16H,5,7,11,13H2,1-3H3,(H,20,23)/p+1/t16-/m0/s1. The molecule has 0 spiro atoms. The summed E-state index contributed by atoms with van der Waals surface area (Å²) in [5, 5.41) is 2.97. The van der Waals surface area contributed by atoms with Crippen molar-refractivity contribution >= 4 is 11.6 Å². The van der Waals surface area contributed by atoms with Crippen LogP contribution in [0.2, 0.25) is 0 Å². The molecule has 1 saturated heterocycles. The first-order chi connectivity index (χ1) is 12.1. The molecule has 2 N–H and O–H groups in total. The van der Waals surface area contributed by atoms with Gasteiger partial charge >= 0.3 is 0 Å². The molecule has 1 aromatic heterocycles. The number of likely N-dealkylation sites (tertiary alicyclic amines) is 1. The minimum atomic E-state index is 0.0170. The van der Waals surface area contributed by atoms with E-state index in [0.29, 0.717) is 24.1 Å². The van der Waals surface area contributed by atoms with Crippen LogP contribution in [0.5, 0.6) is 11.5 Å². The van der Waals surface area contributed by atoms with Gasteiger partial charge in [0.2, 0.25) is 0 Å². The Bertz CT molecular complexity index is 741. The summed E-state index contributed by atoms with van der Waals surface area (Å²) in [4.78, 5) is 13.8. The van der Waals surface area contributed by atoms with E-state index in [1.807, 2.05) is 6.07 Å². The molecule has 2 aromatic rings. The lowest BCUT2D eigenvalue weighted by Gasteiger charge is -2.21. The van der Waals surface area contributed by atoms with Crippen molar-refractivity contribution in [3.8, 4) is 11.5 Å². The van der Waals surface area contributed by atoms with E-state index >= 15 is 0 Å². The molecule has 1 aliphatic heterocycles. The molecule has 1 aliphatic rings. The maximum absolute atomic E-state index is 12.5. The molecule has 2 heterocycles. The molecule has 1 amide bonds. The number of quaternary nitrogens is 1. The summed E-state index contributed by atoms with van der Waals surface area (Å²) >= 11 is 0. The van der Waals surface area contributed by atoms with Crippen molar-refractivity contribution in [1.82, 2.24) is 4.57 Å². The maximum Gasteiger partial charge on any atom is 0.279 e. The van der Waals surface area contributed by atoms with E-state index in [1.165, 1.54) is 10.6 Å². The summed E-state index contributed by atoms with van der Waals surface area (Å²) in [5.74, 6) is 1.27. The second-order valence-corrected chi connectivity index (χ2v) is 6.44. The smallest absolute Gasteiger partial charge is 0.279 e. The second-order valence-electron chi connectivity index (χ2n) is 6.44. The number of aryl methyl sites for hydroxylation is 1. The van der Waals surface area contributed by atoms with Crippen LogP contribution >= 0.6 is 0 Å². The first kappa shape index (κ1) is 17.4. The topological polar surface area (TPSA) is 56.9 Å². The third kappa shape index (κ3) is 3.79. The molecular weight excluding hydrogens is 318 g/mol. The maximum atomic E-state index is 12.5. The monoisotopic (exact) mass is 344 g/mol. The lowest BCUT2D eigenvalue weighted by Crippen LogP contribution is -3.11. The second kappa shape index (κ2) is 7.61. The van der Waals surface area contributed by atoms with Gasteiger partial charge in [-0.3, -0.25) is 4.79 Å². The predicted molar refractivity (Wildman–Crippen MR) is 96.3 cm³/mol. The van der Waals surface area contributed by atoms with Gasteiger partial charge in [0.15, 0.2) is 18.0 Å². The van der Waals surface area contributed by atoms with Gasteiger partial charge in [-0.2, -0.15) is 0 Å². The number of ether oxygens (including phenoxy) is 2. The van der Waals surface area contributed by atoms with E-state index in [2.05, 4.69) is 35.3 Å². The predicted octanol–water partition coefficient (Wildman–Crippen LogP) is 1.40. The lowest BCUT2D eigenvalue weighted by atomic mass is 10.1. The van der Waals surface area contributed by atoms with Crippen molar-refractivity contribution in [3.63, 3.8) is 0 Å². The number of carbonyl (C=O) groups is 1. The summed E-state index contributed by atoms with van der Waals surface area (Å²) in [6, 6.07) is 10.0. The quantitative estimate of drug-likeness (QED) is 0.833. The molecule has 2 atom stereocenters. The number of amides is 1. The molecule has 25 heavy (non-hydrogen) atoms. The van der Waals surface area contributed by atoms with Crippen LogP contribution in [-0.4, -0.2) is 37.8 Å². The lowest BCUT2D eigenvalue weighted by molar-refractivity contribution is -0.910.